The molecule has 2 aliphatic rings. The molecule has 0 unspecified atom stereocenters. The van der Waals surface area contributed by atoms with Gasteiger partial charge in [0.2, 0.25) is 0 Å². The Hall–Kier alpha value is -1.96. The van der Waals surface area contributed by atoms with Crippen molar-refractivity contribution in [2.24, 2.45) is 11.8 Å². The number of allylic oxidation sites excluding steroid dienone is 2. The van der Waals surface area contributed by atoms with E-state index in [1.165, 1.54) is 44.1 Å². The molecule has 2 aliphatic carbocycles. The van der Waals surface area contributed by atoms with Gasteiger partial charge in [-0.2, -0.15) is 0 Å². The van der Waals surface area contributed by atoms with Gasteiger partial charge < -0.3 is 0 Å². The summed E-state index contributed by atoms with van der Waals surface area (Å²) in [6.07, 6.45) is 17.0. The lowest BCUT2D eigenvalue weighted by Gasteiger charge is -2.28. The molecule has 0 radical (unpaired) electrons. The van der Waals surface area contributed by atoms with Crippen LogP contribution in [0.4, 0.5) is 8.78 Å². The Labute approximate surface area is 199 Å². The summed E-state index contributed by atoms with van der Waals surface area (Å²) >= 11 is 0. The van der Waals surface area contributed by atoms with E-state index in [4.69, 9.17) is 0 Å². The highest BCUT2D eigenvalue weighted by Gasteiger charge is 2.24. The quantitative estimate of drug-likeness (QED) is 0.351. The fourth-order valence-corrected chi connectivity index (χ4v) is 6.00. The van der Waals surface area contributed by atoms with Crippen LogP contribution in [0.3, 0.4) is 0 Å². The van der Waals surface area contributed by atoms with E-state index >= 15 is 4.39 Å². The summed E-state index contributed by atoms with van der Waals surface area (Å²) < 4.78 is 27.6. The third kappa shape index (κ3) is 6.34. The highest BCUT2D eigenvalue weighted by molar-refractivity contribution is 5.64. The molecular weight excluding hydrogens is 410 g/mol. The van der Waals surface area contributed by atoms with Gasteiger partial charge in [0.05, 0.1) is 6.67 Å². The molecule has 2 fully saturated rings. The number of alkyl halides is 1. The molecule has 33 heavy (non-hydrogen) atoms. The molecule has 0 bridgehead atoms. The summed E-state index contributed by atoms with van der Waals surface area (Å²) in [6, 6.07) is 14.6. The van der Waals surface area contributed by atoms with E-state index in [9.17, 15) is 4.39 Å². The maximum absolute atomic E-state index is 15.0. The number of hydrogen-bond donors (Lipinski definition) is 0. The number of benzene rings is 2. The minimum atomic E-state index is -0.227. The summed E-state index contributed by atoms with van der Waals surface area (Å²) in [4.78, 5) is 0. The van der Waals surface area contributed by atoms with Crippen LogP contribution in [0.25, 0.3) is 11.1 Å². The maximum Gasteiger partial charge on any atom is 0.127 e. The zero-order chi connectivity index (χ0) is 23.0. The van der Waals surface area contributed by atoms with Gasteiger partial charge in [0.25, 0.3) is 0 Å². The van der Waals surface area contributed by atoms with E-state index < -0.39 is 0 Å². The van der Waals surface area contributed by atoms with Crippen LogP contribution in [0.15, 0.2) is 54.6 Å². The Kier molecular flexibility index (Phi) is 8.75. The smallest absolute Gasteiger partial charge is 0.127 e. The van der Waals surface area contributed by atoms with Crippen LogP contribution in [0.5, 0.6) is 0 Å². The van der Waals surface area contributed by atoms with Crippen molar-refractivity contribution in [3.63, 3.8) is 0 Å². The first kappa shape index (κ1) is 24.2. The van der Waals surface area contributed by atoms with Gasteiger partial charge >= 0.3 is 0 Å². The molecule has 2 aromatic rings. The third-order valence-electron chi connectivity index (χ3n) is 8.16. The van der Waals surface area contributed by atoms with Gasteiger partial charge in [-0.05, 0) is 116 Å². The Morgan fingerprint density at radius 1 is 0.818 bits per heavy atom. The molecule has 0 nitrogen and oxygen atoms in total. The summed E-state index contributed by atoms with van der Waals surface area (Å²) in [7, 11) is 0. The Balaban J connectivity index is 1.35. The van der Waals surface area contributed by atoms with Crippen LogP contribution < -0.4 is 0 Å². The second-order valence-corrected chi connectivity index (χ2v) is 10.4. The minimum Gasteiger partial charge on any atom is -0.251 e. The fourth-order valence-electron chi connectivity index (χ4n) is 6.00. The van der Waals surface area contributed by atoms with Crippen molar-refractivity contribution >= 4 is 0 Å². The fraction of sp³-hybridized carbons (Fsp3) is 0.548. The van der Waals surface area contributed by atoms with Crippen LogP contribution in [0.1, 0.15) is 101 Å². The van der Waals surface area contributed by atoms with Gasteiger partial charge in [-0.1, -0.05) is 61.9 Å². The molecule has 0 amide bonds. The maximum atomic E-state index is 15.0. The molecule has 2 saturated carbocycles. The molecule has 2 heteroatoms. The zero-order valence-corrected chi connectivity index (χ0v) is 20.2. The van der Waals surface area contributed by atoms with E-state index in [1.54, 1.807) is 6.07 Å². The van der Waals surface area contributed by atoms with E-state index in [2.05, 4.69) is 49.4 Å². The van der Waals surface area contributed by atoms with Gasteiger partial charge in [0.15, 0.2) is 0 Å². The van der Waals surface area contributed by atoms with Gasteiger partial charge in [-0.25, -0.2) is 4.39 Å². The van der Waals surface area contributed by atoms with Gasteiger partial charge in [-0.3, -0.25) is 4.39 Å². The molecule has 0 saturated heterocycles. The first-order valence-electron chi connectivity index (χ1n) is 13.3. The van der Waals surface area contributed by atoms with Crippen LogP contribution in [0.2, 0.25) is 0 Å². The van der Waals surface area contributed by atoms with Gasteiger partial charge in [0, 0.05) is 0 Å². The second-order valence-electron chi connectivity index (χ2n) is 10.4. The SMILES string of the molecule is CCCC=CC1CCC(c2ccc(-c3ccc(C4CCC(CCF)CC4)c(F)c3)cc2)CC1. The van der Waals surface area contributed by atoms with Gasteiger partial charge in [-0.15, -0.1) is 0 Å². The normalized spacial score (nSPS) is 26.0. The monoisotopic (exact) mass is 450 g/mol. The summed E-state index contributed by atoms with van der Waals surface area (Å²) in [5.74, 6) is 2.10. The van der Waals surface area contributed by atoms with Crippen molar-refractivity contribution in [3.05, 3.63) is 71.6 Å². The molecular formula is C31H40F2. The predicted octanol–water partition coefficient (Wildman–Crippen LogP) is 9.76. The van der Waals surface area contributed by atoms with Crippen molar-refractivity contribution < 1.29 is 8.78 Å². The van der Waals surface area contributed by atoms with Gasteiger partial charge in [0.1, 0.15) is 5.82 Å². The summed E-state index contributed by atoms with van der Waals surface area (Å²) in [6.45, 7) is 2.01. The van der Waals surface area contributed by atoms with E-state index in [-0.39, 0.29) is 18.4 Å². The molecule has 2 aromatic carbocycles. The van der Waals surface area contributed by atoms with E-state index in [0.717, 1.165) is 48.3 Å². The number of rotatable bonds is 8. The number of unbranched alkanes of at least 4 members (excludes halogenated alkanes) is 1. The van der Waals surface area contributed by atoms with Crippen molar-refractivity contribution in [2.75, 3.05) is 6.67 Å². The molecule has 0 aromatic heterocycles. The largest absolute Gasteiger partial charge is 0.251 e. The Bertz CT molecular complexity index is 882. The summed E-state index contributed by atoms with van der Waals surface area (Å²) in [5, 5.41) is 0. The summed E-state index contributed by atoms with van der Waals surface area (Å²) in [5.41, 5.74) is 4.32. The van der Waals surface area contributed by atoms with Crippen molar-refractivity contribution in [1.29, 1.82) is 0 Å². The molecule has 0 heterocycles. The molecule has 0 aliphatic heterocycles. The first-order chi connectivity index (χ1) is 16.2. The molecule has 0 spiro atoms. The van der Waals surface area contributed by atoms with E-state index in [1.807, 2.05) is 6.07 Å². The van der Waals surface area contributed by atoms with Crippen LogP contribution in [-0.4, -0.2) is 6.67 Å². The van der Waals surface area contributed by atoms with Crippen LogP contribution in [-0.2, 0) is 0 Å². The molecule has 4 rings (SSSR count). The highest BCUT2D eigenvalue weighted by atomic mass is 19.1. The Morgan fingerprint density at radius 3 is 2.12 bits per heavy atom. The standard InChI is InChI=1S/C31H40F2/c1-2-3-4-5-23-6-10-25(11-7-23)26-14-16-27(17-15-26)29-18-19-30(31(33)22-29)28-12-8-24(9-13-28)20-21-32/h4-5,14-19,22-25,28H,2-3,6-13,20-21H2,1H3. The van der Waals surface area contributed by atoms with Crippen LogP contribution in [0, 0.1) is 17.7 Å². The average Bonchev–Trinajstić information content (AvgIpc) is 2.86. The lowest BCUT2D eigenvalue weighted by Crippen LogP contribution is -2.14. The second kappa shape index (κ2) is 12.0. The third-order valence-corrected chi connectivity index (χ3v) is 8.16. The lowest BCUT2D eigenvalue weighted by atomic mass is 9.77. The minimum absolute atomic E-state index is 0.0834. The number of halogens is 2. The Morgan fingerprint density at radius 2 is 1.48 bits per heavy atom. The van der Waals surface area contributed by atoms with Crippen molar-refractivity contribution in [1.82, 2.24) is 0 Å². The van der Waals surface area contributed by atoms with Crippen molar-refractivity contribution in [2.45, 2.75) is 89.4 Å². The average molecular weight is 451 g/mol. The lowest BCUT2D eigenvalue weighted by molar-refractivity contribution is 0.281. The predicted molar refractivity (Wildman–Crippen MR) is 136 cm³/mol. The van der Waals surface area contributed by atoms with E-state index in [0.29, 0.717) is 18.3 Å². The molecule has 0 N–H and O–H groups in total. The van der Waals surface area contributed by atoms with Crippen LogP contribution >= 0.6 is 0 Å². The highest BCUT2D eigenvalue weighted by Crippen LogP contribution is 2.40. The zero-order valence-electron chi connectivity index (χ0n) is 20.2. The van der Waals surface area contributed by atoms with Crippen molar-refractivity contribution in [3.8, 4) is 11.1 Å². The molecule has 178 valence electrons. The topological polar surface area (TPSA) is 0 Å². The first-order valence-corrected chi connectivity index (χ1v) is 13.3. The molecule has 0 atom stereocenters. The number of hydrogen-bond acceptors (Lipinski definition) is 0.